The molecule has 2 aliphatic rings. The molecule has 2 amide bonds. The largest absolute Gasteiger partial charge is 0.373 e. The quantitative estimate of drug-likeness (QED) is 0.785. The molecule has 0 aromatic carbocycles. The first-order valence-corrected chi connectivity index (χ1v) is 10.3. The van der Waals surface area contributed by atoms with E-state index >= 15 is 0 Å². The zero-order chi connectivity index (χ0) is 15.9. The Morgan fingerprint density at radius 2 is 1.82 bits per heavy atom. The third kappa shape index (κ3) is 5.88. The topological polar surface area (TPSA) is 67.4 Å². The molecule has 2 aliphatic carbocycles. The van der Waals surface area contributed by atoms with E-state index in [-0.39, 0.29) is 24.2 Å². The van der Waals surface area contributed by atoms with Crippen molar-refractivity contribution in [1.82, 2.24) is 10.6 Å². The summed E-state index contributed by atoms with van der Waals surface area (Å²) >= 11 is 0. The molecule has 0 aliphatic heterocycles. The standard InChI is InChI=1S/C16H30N2O3S/c1-12(11-22(2)20)17-16(19)18-14-9-5-6-10-15(14)21-13-7-3-4-8-13/h12-15H,3-11H2,1-2H3,(H2,17,18,19)/t12-,14-,15+,22-/m1/s1. The van der Waals surface area contributed by atoms with Crippen LogP contribution < -0.4 is 10.6 Å². The van der Waals surface area contributed by atoms with E-state index in [1.165, 1.54) is 19.3 Å². The highest BCUT2D eigenvalue weighted by atomic mass is 32.2. The van der Waals surface area contributed by atoms with Gasteiger partial charge in [0.25, 0.3) is 0 Å². The van der Waals surface area contributed by atoms with Crippen LogP contribution >= 0.6 is 0 Å². The maximum absolute atomic E-state index is 12.1. The number of ether oxygens (including phenoxy) is 1. The van der Waals surface area contributed by atoms with Crippen molar-refractivity contribution in [1.29, 1.82) is 0 Å². The lowest BCUT2D eigenvalue weighted by atomic mass is 9.92. The van der Waals surface area contributed by atoms with Gasteiger partial charge in [0.2, 0.25) is 0 Å². The number of carbonyl (C=O) groups excluding carboxylic acids is 1. The average Bonchev–Trinajstić information content (AvgIpc) is 2.92. The Hall–Kier alpha value is -0.620. The zero-order valence-electron chi connectivity index (χ0n) is 13.8. The molecular weight excluding hydrogens is 300 g/mol. The van der Waals surface area contributed by atoms with Crippen LogP contribution in [0.4, 0.5) is 4.79 Å². The van der Waals surface area contributed by atoms with Crippen molar-refractivity contribution in [2.45, 2.75) is 82.6 Å². The molecule has 22 heavy (non-hydrogen) atoms. The molecule has 6 heteroatoms. The van der Waals surface area contributed by atoms with Crippen LogP contribution in [0.15, 0.2) is 0 Å². The molecule has 0 spiro atoms. The van der Waals surface area contributed by atoms with Gasteiger partial charge in [0.15, 0.2) is 0 Å². The van der Waals surface area contributed by atoms with Crippen LogP contribution in [0.1, 0.15) is 58.3 Å². The van der Waals surface area contributed by atoms with Crippen LogP contribution in [0.2, 0.25) is 0 Å². The highest BCUT2D eigenvalue weighted by Gasteiger charge is 2.30. The van der Waals surface area contributed by atoms with Crippen molar-refractivity contribution in [3.8, 4) is 0 Å². The molecular formula is C16H30N2O3S. The van der Waals surface area contributed by atoms with Gasteiger partial charge < -0.3 is 15.4 Å². The molecule has 0 aromatic rings. The summed E-state index contributed by atoms with van der Waals surface area (Å²) in [5.74, 6) is 0.486. The van der Waals surface area contributed by atoms with Gasteiger partial charge in [-0.15, -0.1) is 0 Å². The van der Waals surface area contributed by atoms with Crippen LogP contribution in [0.25, 0.3) is 0 Å². The number of hydrogen-bond acceptors (Lipinski definition) is 3. The van der Waals surface area contributed by atoms with Gasteiger partial charge in [-0.25, -0.2) is 4.79 Å². The second-order valence-electron chi connectivity index (χ2n) is 6.73. The molecule has 0 heterocycles. The third-order valence-electron chi connectivity index (χ3n) is 4.55. The number of amides is 2. The molecule has 0 radical (unpaired) electrons. The predicted molar refractivity (Wildman–Crippen MR) is 89.4 cm³/mol. The van der Waals surface area contributed by atoms with Gasteiger partial charge in [0, 0.05) is 28.9 Å². The first kappa shape index (κ1) is 17.7. The number of hydrogen-bond donors (Lipinski definition) is 2. The fourth-order valence-electron chi connectivity index (χ4n) is 3.52. The Labute approximate surface area is 136 Å². The molecule has 4 atom stereocenters. The lowest BCUT2D eigenvalue weighted by molar-refractivity contribution is -0.0410. The zero-order valence-corrected chi connectivity index (χ0v) is 14.6. The molecule has 0 saturated heterocycles. The number of urea groups is 1. The minimum atomic E-state index is -0.896. The summed E-state index contributed by atoms with van der Waals surface area (Å²) in [6, 6.07) is -0.137. The van der Waals surface area contributed by atoms with E-state index in [4.69, 9.17) is 4.74 Å². The van der Waals surface area contributed by atoms with Crippen LogP contribution in [-0.4, -0.2) is 46.5 Å². The number of rotatable bonds is 6. The van der Waals surface area contributed by atoms with Gasteiger partial charge in [0.1, 0.15) is 0 Å². The van der Waals surface area contributed by atoms with Crippen molar-refractivity contribution < 1.29 is 13.7 Å². The van der Waals surface area contributed by atoms with E-state index in [0.29, 0.717) is 11.9 Å². The lowest BCUT2D eigenvalue weighted by Crippen LogP contribution is -2.52. The molecule has 0 unspecified atom stereocenters. The van der Waals surface area contributed by atoms with Crippen molar-refractivity contribution in [3.63, 3.8) is 0 Å². The summed E-state index contributed by atoms with van der Waals surface area (Å²) in [5, 5.41) is 5.95. The van der Waals surface area contributed by atoms with E-state index in [0.717, 1.165) is 32.1 Å². The molecule has 2 saturated carbocycles. The van der Waals surface area contributed by atoms with Gasteiger partial charge in [-0.05, 0) is 32.6 Å². The fraction of sp³-hybridized carbons (Fsp3) is 0.938. The van der Waals surface area contributed by atoms with E-state index in [9.17, 15) is 9.00 Å². The highest BCUT2D eigenvalue weighted by molar-refractivity contribution is 7.84. The second kappa shape index (κ2) is 8.87. The third-order valence-corrected chi connectivity index (χ3v) is 5.52. The molecule has 0 aromatic heterocycles. The predicted octanol–water partition coefficient (Wildman–Crippen LogP) is 2.32. The summed E-state index contributed by atoms with van der Waals surface area (Å²) in [7, 11) is -0.896. The van der Waals surface area contributed by atoms with Gasteiger partial charge in [-0.1, -0.05) is 25.7 Å². The second-order valence-corrected chi connectivity index (χ2v) is 8.21. The maximum atomic E-state index is 12.1. The molecule has 0 bridgehead atoms. The summed E-state index contributed by atoms with van der Waals surface area (Å²) in [6.45, 7) is 1.88. The first-order valence-electron chi connectivity index (χ1n) is 8.57. The summed E-state index contributed by atoms with van der Waals surface area (Å²) in [6.07, 6.45) is 11.4. The van der Waals surface area contributed by atoms with E-state index < -0.39 is 10.8 Å². The molecule has 5 nitrogen and oxygen atoms in total. The molecule has 2 rings (SSSR count). The van der Waals surface area contributed by atoms with Gasteiger partial charge in [0.05, 0.1) is 18.2 Å². The van der Waals surface area contributed by atoms with Crippen LogP contribution in [0.3, 0.4) is 0 Å². The van der Waals surface area contributed by atoms with E-state index in [1.807, 2.05) is 6.92 Å². The van der Waals surface area contributed by atoms with Gasteiger partial charge in [-0.3, -0.25) is 4.21 Å². The lowest BCUT2D eigenvalue weighted by Gasteiger charge is -2.34. The number of carbonyl (C=O) groups is 1. The molecule has 2 N–H and O–H groups in total. The minimum absolute atomic E-state index is 0.0800. The number of nitrogens with one attached hydrogen (secondary N) is 2. The van der Waals surface area contributed by atoms with Crippen molar-refractivity contribution >= 4 is 16.8 Å². The summed E-state index contributed by atoms with van der Waals surface area (Å²) in [4.78, 5) is 12.1. The van der Waals surface area contributed by atoms with Gasteiger partial charge in [-0.2, -0.15) is 0 Å². The normalized spacial score (nSPS) is 29.0. The molecule has 128 valence electrons. The van der Waals surface area contributed by atoms with Crippen LogP contribution in [0, 0.1) is 0 Å². The van der Waals surface area contributed by atoms with E-state index in [2.05, 4.69) is 10.6 Å². The Morgan fingerprint density at radius 1 is 1.18 bits per heavy atom. The van der Waals surface area contributed by atoms with Crippen molar-refractivity contribution in [2.24, 2.45) is 0 Å². The van der Waals surface area contributed by atoms with Gasteiger partial charge >= 0.3 is 6.03 Å². The van der Waals surface area contributed by atoms with E-state index in [1.54, 1.807) is 6.26 Å². The maximum Gasteiger partial charge on any atom is 0.315 e. The minimum Gasteiger partial charge on any atom is -0.373 e. The average molecular weight is 330 g/mol. The smallest absolute Gasteiger partial charge is 0.315 e. The van der Waals surface area contributed by atoms with Crippen LogP contribution in [0.5, 0.6) is 0 Å². The highest BCUT2D eigenvalue weighted by Crippen LogP contribution is 2.28. The molecule has 2 fully saturated rings. The Bertz CT molecular complexity index is 386. The Kier molecular flexibility index (Phi) is 7.15. The Morgan fingerprint density at radius 3 is 2.50 bits per heavy atom. The summed E-state index contributed by atoms with van der Waals surface area (Å²) < 4.78 is 17.4. The SMILES string of the molecule is C[C@H](C[S@@](C)=O)NC(=O)N[C@@H]1CCCC[C@@H]1OC1CCCC1. The van der Waals surface area contributed by atoms with Crippen LogP contribution in [-0.2, 0) is 15.5 Å². The summed E-state index contributed by atoms with van der Waals surface area (Å²) in [5.41, 5.74) is 0. The van der Waals surface area contributed by atoms with Crippen molar-refractivity contribution in [3.05, 3.63) is 0 Å². The van der Waals surface area contributed by atoms with Crippen molar-refractivity contribution in [2.75, 3.05) is 12.0 Å². The monoisotopic (exact) mass is 330 g/mol. The Balaban J connectivity index is 1.79. The first-order chi connectivity index (χ1) is 10.5. The fourth-order valence-corrected chi connectivity index (χ4v) is 4.31.